The van der Waals surface area contributed by atoms with Crippen LogP contribution in [0.1, 0.15) is 5.56 Å². The maximum absolute atomic E-state index is 13.1. The Hall–Kier alpha value is -2.68. The molecule has 1 aromatic heterocycles. The highest BCUT2D eigenvalue weighted by molar-refractivity contribution is 7.13. The molecule has 1 amide bonds. The first-order chi connectivity index (χ1) is 13.1. The van der Waals surface area contributed by atoms with Crippen LogP contribution in [0.5, 0.6) is 0 Å². The summed E-state index contributed by atoms with van der Waals surface area (Å²) in [5.41, 5.74) is 6.71. The highest BCUT2D eigenvalue weighted by Crippen LogP contribution is 2.18. The standard InChI is InChI=1S/C18H23FN6OS/c19-15-3-1-2-14(12-15)13-16(26)21-4-5-22-17(20)24-7-9-25(10-8-24)18-23-6-11-27-18/h1-3,6,11-12H,4-5,7-10,13H2,(H2,20,22)(H,21,26). The summed E-state index contributed by atoms with van der Waals surface area (Å²) in [5.74, 6) is -0.00719. The minimum atomic E-state index is -0.340. The lowest BCUT2D eigenvalue weighted by Crippen LogP contribution is -2.51. The van der Waals surface area contributed by atoms with Crippen molar-refractivity contribution in [1.29, 1.82) is 0 Å². The average molecular weight is 390 g/mol. The van der Waals surface area contributed by atoms with E-state index in [1.165, 1.54) is 12.1 Å². The first kappa shape index (κ1) is 19.1. The van der Waals surface area contributed by atoms with E-state index >= 15 is 0 Å². The van der Waals surface area contributed by atoms with Crippen LogP contribution >= 0.6 is 11.3 Å². The molecular weight excluding hydrogens is 367 g/mol. The number of thiazole rings is 1. The number of piperazine rings is 1. The summed E-state index contributed by atoms with van der Waals surface area (Å²) in [6.07, 6.45) is 1.96. The van der Waals surface area contributed by atoms with Gasteiger partial charge in [0.05, 0.1) is 13.0 Å². The van der Waals surface area contributed by atoms with Gasteiger partial charge >= 0.3 is 0 Å². The van der Waals surface area contributed by atoms with Gasteiger partial charge in [0.2, 0.25) is 5.91 Å². The number of anilines is 1. The third kappa shape index (κ3) is 5.65. The van der Waals surface area contributed by atoms with E-state index < -0.39 is 0 Å². The Bertz CT molecular complexity index is 774. The zero-order chi connectivity index (χ0) is 19.1. The number of hydrogen-bond donors (Lipinski definition) is 2. The van der Waals surface area contributed by atoms with Crippen molar-refractivity contribution in [3.63, 3.8) is 0 Å². The molecule has 27 heavy (non-hydrogen) atoms. The Balaban J connectivity index is 1.36. The lowest BCUT2D eigenvalue weighted by Gasteiger charge is -2.35. The summed E-state index contributed by atoms with van der Waals surface area (Å²) in [7, 11) is 0. The number of aliphatic imine (C=N–C) groups is 1. The second kappa shape index (κ2) is 9.31. The third-order valence-corrected chi connectivity index (χ3v) is 5.09. The Kier molecular flexibility index (Phi) is 6.59. The van der Waals surface area contributed by atoms with E-state index in [1.807, 2.05) is 16.5 Å². The quantitative estimate of drug-likeness (QED) is 0.438. The Morgan fingerprint density at radius 1 is 1.33 bits per heavy atom. The zero-order valence-electron chi connectivity index (χ0n) is 15.0. The van der Waals surface area contributed by atoms with Crippen molar-refractivity contribution >= 4 is 28.3 Å². The number of hydrogen-bond acceptors (Lipinski definition) is 5. The Morgan fingerprint density at radius 2 is 2.15 bits per heavy atom. The number of guanidine groups is 1. The number of amides is 1. The summed E-state index contributed by atoms with van der Waals surface area (Å²) >= 11 is 1.63. The number of benzene rings is 1. The molecular formula is C18H23FN6OS. The number of aromatic nitrogens is 1. The number of nitrogens with zero attached hydrogens (tertiary/aromatic N) is 4. The van der Waals surface area contributed by atoms with E-state index in [4.69, 9.17) is 5.73 Å². The second-order valence-corrected chi connectivity index (χ2v) is 7.06. The van der Waals surface area contributed by atoms with E-state index in [0.29, 0.717) is 24.6 Å². The summed E-state index contributed by atoms with van der Waals surface area (Å²) in [5, 5.41) is 5.78. The minimum Gasteiger partial charge on any atom is -0.370 e. The molecule has 1 aliphatic heterocycles. The van der Waals surface area contributed by atoms with Gasteiger partial charge in [-0.3, -0.25) is 9.79 Å². The molecule has 9 heteroatoms. The van der Waals surface area contributed by atoms with Gasteiger partial charge in [0, 0.05) is 44.3 Å². The highest BCUT2D eigenvalue weighted by Gasteiger charge is 2.19. The summed E-state index contributed by atoms with van der Waals surface area (Å²) in [6.45, 7) is 4.10. The monoisotopic (exact) mass is 390 g/mol. The van der Waals surface area contributed by atoms with Gasteiger partial charge in [0.15, 0.2) is 11.1 Å². The number of carbonyl (C=O) groups is 1. The van der Waals surface area contributed by atoms with Crippen molar-refractivity contribution < 1.29 is 9.18 Å². The van der Waals surface area contributed by atoms with Crippen LogP contribution in [-0.4, -0.2) is 61.0 Å². The van der Waals surface area contributed by atoms with Crippen LogP contribution in [0, 0.1) is 5.82 Å². The molecule has 0 spiro atoms. The molecule has 0 radical (unpaired) electrons. The van der Waals surface area contributed by atoms with E-state index in [9.17, 15) is 9.18 Å². The molecule has 3 N–H and O–H groups in total. The Labute approximate surface area is 161 Å². The molecule has 144 valence electrons. The molecule has 0 saturated carbocycles. The molecule has 0 atom stereocenters. The van der Waals surface area contributed by atoms with Gasteiger partial charge in [-0.15, -0.1) is 11.3 Å². The van der Waals surface area contributed by atoms with Crippen molar-refractivity contribution in [2.24, 2.45) is 10.7 Å². The van der Waals surface area contributed by atoms with Crippen LogP contribution in [0.3, 0.4) is 0 Å². The van der Waals surface area contributed by atoms with Crippen molar-refractivity contribution in [3.05, 3.63) is 47.2 Å². The van der Waals surface area contributed by atoms with Gasteiger partial charge in [0.1, 0.15) is 5.82 Å². The van der Waals surface area contributed by atoms with E-state index in [2.05, 4.69) is 20.2 Å². The molecule has 7 nitrogen and oxygen atoms in total. The predicted molar refractivity (Wildman–Crippen MR) is 106 cm³/mol. The van der Waals surface area contributed by atoms with Gasteiger partial charge in [0.25, 0.3) is 0 Å². The van der Waals surface area contributed by atoms with E-state index in [-0.39, 0.29) is 18.1 Å². The fraction of sp³-hybridized carbons (Fsp3) is 0.389. The number of halogens is 1. The molecule has 3 rings (SSSR count). The summed E-state index contributed by atoms with van der Waals surface area (Å²) in [6, 6.07) is 6.04. The smallest absolute Gasteiger partial charge is 0.224 e. The van der Waals surface area contributed by atoms with Crippen LogP contribution in [0.15, 0.2) is 40.8 Å². The van der Waals surface area contributed by atoms with Crippen molar-refractivity contribution in [2.45, 2.75) is 6.42 Å². The van der Waals surface area contributed by atoms with Gasteiger partial charge in [-0.2, -0.15) is 0 Å². The predicted octanol–water partition coefficient (Wildman–Crippen LogP) is 1.08. The largest absolute Gasteiger partial charge is 0.370 e. The molecule has 0 unspecified atom stereocenters. The molecule has 1 fully saturated rings. The van der Waals surface area contributed by atoms with Crippen molar-refractivity contribution in [2.75, 3.05) is 44.2 Å². The zero-order valence-corrected chi connectivity index (χ0v) is 15.8. The van der Waals surface area contributed by atoms with Gasteiger partial charge < -0.3 is 20.9 Å². The number of nitrogens with one attached hydrogen (secondary N) is 1. The second-order valence-electron chi connectivity index (χ2n) is 6.19. The van der Waals surface area contributed by atoms with Gasteiger partial charge in [-0.1, -0.05) is 12.1 Å². The molecule has 0 aliphatic carbocycles. The molecule has 2 aromatic rings. The van der Waals surface area contributed by atoms with E-state index in [0.717, 1.165) is 31.3 Å². The maximum Gasteiger partial charge on any atom is 0.224 e. The third-order valence-electron chi connectivity index (χ3n) is 4.25. The molecule has 1 aromatic carbocycles. The van der Waals surface area contributed by atoms with E-state index in [1.54, 1.807) is 23.5 Å². The first-order valence-electron chi connectivity index (χ1n) is 8.82. The molecule has 2 heterocycles. The maximum atomic E-state index is 13.1. The van der Waals surface area contributed by atoms with Gasteiger partial charge in [-0.25, -0.2) is 9.37 Å². The van der Waals surface area contributed by atoms with Crippen LogP contribution in [-0.2, 0) is 11.2 Å². The van der Waals surface area contributed by atoms with Crippen LogP contribution < -0.4 is 16.0 Å². The normalized spacial score (nSPS) is 15.1. The fourth-order valence-corrected chi connectivity index (χ4v) is 3.56. The van der Waals surface area contributed by atoms with Crippen LogP contribution in [0.25, 0.3) is 0 Å². The van der Waals surface area contributed by atoms with Crippen molar-refractivity contribution in [1.82, 2.24) is 15.2 Å². The molecule has 0 bridgehead atoms. The number of carbonyl (C=O) groups excluding carboxylic acids is 1. The lowest BCUT2D eigenvalue weighted by molar-refractivity contribution is -0.120. The minimum absolute atomic E-state index is 0.148. The topological polar surface area (TPSA) is 86.8 Å². The SMILES string of the molecule is NC(=NCCNC(=O)Cc1cccc(F)c1)N1CCN(c2nccs2)CC1. The van der Waals surface area contributed by atoms with Gasteiger partial charge in [-0.05, 0) is 17.7 Å². The number of rotatable bonds is 6. The molecule has 1 saturated heterocycles. The van der Waals surface area contributed by atoms with Crippen molar-refractivity contribution in [3.8, 4) is 0 Å². The van der Waals surface area contributed by atoms with Crippen LogP contribution in [0.2, 0.25) is 0 Å². The fourth-order valence-electron chi connectivity index (χ4n) is 2.86. The van der Waals surface area contributed by atoms with Crippen LogP contribution in [0.4, 0.5) is 9.52 Å². The average Bonchev–Trinajstić information content (AvgIpc) is 3.20. The highest BCUT2D eigenvalue weighted by atomic mass is 32.1. The molecule has 1 aliphatic rings. The summed E-state index contributed by atoms with van der Waals surface area (Å²) < 4.78 is 13.1. The number of nitrogens with two attached hydrogens (primary N) is 1. The summed E-state index contributed by atoms with van der Waals surface area (Å²) in [4.78, 5) is 24.8. The lowest BCUT2D eigenvalue weighted by atomic mass is 10.1. The Morgan fingerprint density at radius 3 is 2.85 bits per heavy atom. The first-order valence-corrected chi connectivity index (χ1v) is 9.70.